The largest absolute Gasteiger partial charge is 0.359 e. The minimum absolute atomic E-state index is 0.0153. The molecule has 0 spiro atoms. The summed E-state index contributed by atoms with van der Waals surface area (Å²) < 4.78 is 0. The van der Waals surface area contributed by atoms with Crippen LogP contribution in [0.1, 0.15) is 40.6 Å². The molecule has 0 saturated carbocycles. The molecule has 0 aliphatic carbocycles. The maximum atomic E-state index is 12.8. The molecular formula is C26H25Cl2N3O2S. The number of aromatic nitrogens is 1. The van der Waals surface area contributed by atoms with Crippen LogP contribution in [0.2, 0.25) is 10.0 Å². The number of likely N-dealkylation sites (N-methyl/N-ethyl adjacent to an activating group) is 1. The van der Waals surface area contributed by atoms with Crippen LogP contribution in [0.15, 0.2) is 41.3 Å². The Labute approximate surface area is 213 Å². The van der Waals surface area contributed by atoms with Gasteiger partial charge in [-0.05, 0) is 79.9 Å². The number of H-pyrrole nitrogens is 1. The molecule has 0 fully saturated rings. The molecule has 1 aliphatic rings. The lowest BCUT2D eigenvalue weighted by Crippen LogP contribution is -2.24. The first-order valence-corrected chi connectivity index (χ1v) is 12.7. The highest BCUT2D eigenvalue weighted by molar-refractivity contribution is 7.98. The number of aromatic amines is 1. The molecule has 8 heteroatoms. The molecule has 2 heterocycles. The van der Waals surface area contributed by atoms with Crippen LogP contribution in [0.5, 0.6) is 0 Å². The van der Waals surface area contributed by atoms with Crippen molar-refractivity contribution in [2.75, 3.05) is 11.9 Å². The topological polar surface area (TPSA) is 74.0 Å². The fourth-order valence-corrected chi connectivity index (χ4v) is 5.49. The van der Waals surface area contributed by atoms with Crippen molar-refractivity contribution in [2.45, 2.75) is 37.8 Å². The van der Waals surface area contributed by atoms with Gasteiger partial charge in [0.25, 0.3) is 5.91 Å². The molecule has 1 aromatic heterocycles. The molecule has 0 bridgehead atoms. The summed E-state index contributed by atoms with van der Waals surface area (Å²) in [6.45, 7) is 6.42. The van der Waals surface area contributed by atoms with Gasteiger partial charge in [-0.15, -0.1) is 11.8 Å². The Balaban J connectivity index is 1.60. The van der Waals surface area contributed by atoms with Crippen molar-refractivity contribution in [2.24, 2.45) is 0 Å². The van der Waals surface area contributed by atoms with Crippen molar-refractivity contribution >= 4 is 64.1 Å². The van der Waals surface area contributed by atoms with E-state index in [1.807, 2.05) is 57.2 Å². The van der Waals surface area contributed by atoms with Crippen molar-refractivity contribution in [3.05, 3.63) is 80.1 Å². The van der Waals surface area contributed by atoms with Crippen LogP contribution < -0.4 is 10.6 Å². The summed E-state index contributed by atoms with van der Waals surface area (Å²) in [4.78, 5) is 29.3. The Morgan fingerprint density at radius 3 is 2.56 bits per heavy atom. The Bertz CT molecular complexity index is 1290. The van der Waals surface area contributed by atoms with E-state index >= 15 is 0 Å². The standard InChI is InChI=1S/C26H25Cl2N3O2S/c1-4-29-25(32)12-20-14(2)24(30-15(20)3)11-22-21-10-19(5-6-23(21)31-26(22)33)34-13-16-7-17(27)9-18(28)8-16/h5-11,30H,4,12-13H2,1-3H3,(H,29,32)(H,31,33)/b22-11-. The number of carbonyl (C=O) groups excluding carboxylic acids is 2. The number of hydrogen-bond donors (Lipinski definition) is 3. The molecule has 2 amide bonds. The molecular weight excluding hydrogens is 489 g/mol. The number of rotatable bonds is 7. The number of thioether (sulfide) groups is 1. The number of halogens is 2. The van der Waals surface area contributed by atoms with Crippen LogP contribution in [0.25, 0.3) is 11.6 Å². The minimum Gasteiger partial charge on any atom is -0.359 e. The first kappa shape index (κ1) is 24.5. The Hall–Kier alpha value is -2.67. The zero-order valence-corrected chi connectivity index (χ0v) is 21.5. The van der Waals surface area contributed by atoms with Crippen LogP contribution in [0.3, 0.4) is 0 Å². The maximum Gasteiger partial charge on any atom is 0.256 e. The number of aryl methyl sites for hydroxylation is 1. The third kappa shape index (κ3) is 5.35. The Morgan fingerprint density at radius 1 is 1.12 bits per heavy atom. The summed E-state index contributed by atoms with van der Waals surface area (Å²) in [5, 5.41) is 7.00. The molecule has 176 valence electrons. The van der Waals surface area contributed by atoms with Crippen LogP contribution in [0, 0.1) is 13.8 Å². The van der Waals surface area contributed by atoms with E-state index in [2.05, 4.69) is 15.6 Å². The second kappa shape index (κ2) is 10.3. The number of nitrogens with one attached hydrogen (secondary N) is 3. The fraction of sp³-hybridized carbons (Fsp3) is 0.231. The van der Waals surface area contributed by atoms with Crippen molar-refractivity contribution in [3.63, 3.8) is 0 Å². The SMILES string of the molecule is CCNC(=O)Cc1c(C)[nH]c(/C=C2\C(=O)Nc3ccc(SCc4cc(Cl)cc(Cl)c4)cc32)c1C. The molecule has 0 unspecified atom stereocenters. The molecule has 5 nitrogen and oxygen atoms in total. The molecule has 4 rings (SSSR count). The first-order valence-electron chi connectivity index (χ1n) is 10.9. The molecule has 0 atom stereocenters. The lowest BCUT2D eigenvalue weighted by Gasteiger charge is -2.06. The van der Waals surface area contributed by atoms with Gasteiger partial charge < -0.3 is 15.6 Å². The third-order valence-corrected chi connectivity index (χ3v) is 7.23. The van der Waals surface area contributed by atoms with Gasteiger partial charge in [-0.2, -0.15) is 0 Å². The van der Waals surface area contributed by atoms with Crippen molar-refractivity contribution in [1.29, 1.82) is 0 Å². The lowest BCUT2D eigenvalue weighted by atomic mass is 10.0. The van der Waals surface area contributed by atoms with Gasteiger partial charge in [-0.3, -0.25) is 9.59 Å². The van der Waals surface area contributed by atoms with Gasteiger partial charge in [0.15, 0.2) is 0 Å². The first-order chi connectivity index (χ1) is 16.2. The summed E-state index contributed by atoms with van der Waals surface area (Å²) >= 11 is 13.9. The number of fused-ring (bicyclic) bond motifs is 1. The van der Waals surface area contributed by atoms with E-state index in [-0.39, 0.29) is 11.8 Å². The monoisotopic (exact) mass is 513 g/mol. The predicted octanol–water partition coefficient (Wildman–Crippen LogP) is 6.40. The number of hydrogen-bond acceptors (Lipinski definition) is 3. The van der Waals surface area contributed by atoms with Crippen LogP contribution in [-0.4, -0.2) is 23.3 Å². The normalized spacial score (nSPS) is 13.8. The lowest BCUT2D eigenvalue weighted by molar-refractivity contribution is -0.120. The van der Waals surface area contributed by atoms with Gasteiger partial charge in [0, 0.05) is 49.9 Å². The molecule has 0 radical (unpaired) electrons. The van der Waals surface area contributed by atoms with Gasteiger partial charge in [0.05, 0.1) is 12.0 Å². The van der Waals surface area contributed by atoms with Gasteiger partial charge in [0.2, 0.25) is 5.91 Å². The Morgan fingerprint density at radius 2 is 1.85 bits per heavy atom. The minimum atomic E-state index is -0.143. The third-order valence-electron chi connectivity index (χ3n) is 5.73. The quantitative estimate of drug-likeness (QED) is 0.252. The maximum absolute atomic E-state index is 12.8. The number of carbonyl (C=O) groups is 2. The van der Waals surface area contributed by atoms with Gasteiger partial charge in [0.1, 0.15) is 0 Å². The van der Waals surface area contributed by atoms with Crippen LogP contribution >= 0.6 is 35.0 Å². The number of benzene rings is 2. The van der Waals surface area contributed by atoms with E-state index in [0.717, 1.165) is 44.2 Å². The van der Waals surface area contributed by atoms with Crippen LogP contribution in [-0.2, 0) is 21.8 Å². The molecule has 2 aromatic carbocycles. The van der Waals surface area contributed by atoms with E-state index < -0.39 is 0 Å². The molecule has 0 saturated heterocycles. The van der Waals surface area contributed by atoms with E-state index in [4.69, 9.17) is 23.2 Å². The smallest absolute Gasteiger partial charge is 0.256 e. The van der Waals surface area contributed by atoms with Gasteiger partial charge >= 0.3 is 0 Å². The fourth-order valence-electron chi connectivity index (χ4n) is 4.05. The molecule has 34 heavy (non-hydrogen) atoms. The summed E-state index contributed by atoms with van der Waals surface area (Å²) in [5.74, 6) is 0.548. The summed E-state index contributed by atoms with van der Waals surface area (Å²) in [7, 11) is 0. The molecule has 1 aliphatic heterocycles. The zero-order chi connectivity index (χ0) is 24.4. The van der Waals surface area contributed by atoms with E-state index in [0.29, 0.717) is 34.3 Å². The number of anilines is 1. The molecule has 3 N–H and O–H groups in total. The highest BCUT2D eigenvalue weighted by Crippen LogP contribution is 2.37. The van der Waals surface area contributed by atoms with Crippen molar-refractivity contribution in [1.82, 2.24) is 10.3 Å². The van der Waals surface area contributed by atoms with Gasteiger partial charge in [-0.1, -0.05) is 23.2 Å². The van der Waals surface area contributed by atoms with E-state index in [1.54, 1.807) is 17.8 Å². The van der Waals surface area contributed by atoms with Crippen LogP contribution in [0.4, 0.5) is 5.69 Å². The van der Waals surface area contributed by atoms with Crippen molar-refractivity contribution < 1.29 is 9.59 Å². The average Bonchev–Trinajstić information content (AvgIpc) is 3.22. The molecule has 3 aromatic rings. The highest BCUT2D eigenvalue weighted by atomic mass is 35.5. The second-order valence-corrected chi connectivity index (χ2v) is 10.1. The number of amides is 2. The van der Waals surface area contributed by atoms with Gasteiger partial charge in [-0.25, -0.2) is 0 Å². The Kier molecular flexibility index (Phi) is 7.41. The summed E-state index contributed by atoms with van der Waals surface area (Å²) in [6.07, 6.45) is 2.18. The zero-order valence-electron chi connectivity index (χ0n) is 19.1. The van der Waals surface area contributed by atoms with E-state index in [9.17, 15) is 9.59 Å². The second-order valence-electron chi connectivity index (χ2n) is 8.18. The highest BCUT2D eigenvalue weighted by Gasteiger charge is 2.25. The summed E-state index contributed by atoms with van der Waals surface area (Å²) in [6, 6.07) is 11.5. The average molecular weight is 514 g/mol. The van der Waals surface area contributed by atoms with E-state index in [1.165, 1.54) is 0 Å². The van der Waals surface area contributed by atoms with Crippen molar-refractivity contribution in [3.8, 4) is 0 Å². The summed E-state index contributed by atoms with van der Waals surface area (Å²) in [5.41, 5.74) is 6.97. The predicted molar refractivity (Wildman–Crippen MR) is 142 cm³/mol.